The van der Waals surface area contributed by atoms with Crippen molar-refractivity contribution >= 4 is 11.7 Å². The largest absolute Gasteiger partial charge is 0.506 e. The lowest BCUT2D eigenvalue weighted by atomic mass is 9.74. The molecule has 3 unspecified atom stereocenters. The molecule has 0 amide bonds. The summed E-state index contributed by atoms with van der Waals surface area (Å²) in [5, 5.41) is 17.5. The number of carbonyl (C=O) groups excluding carboxylic acids is 1. The van der Waals surface area contributed by atoms with E-state index in [-0.39, 0.29) is 35.0 Å². The van der Waals surface area contributed by atoms with Gasteiger partial charge in [-0.2, -0.15) is 10.2 Å². The summed E-state index contributed by atoms with van der Waals surface area (Å²) in [6.45, 7) is 8.30. The van der Waals surface area contributed by atoms with Crippen LogP contribution in [0.25, 0.3) is 0 Å². The van der Waals surface area contributed by atoms with Gasteiger partial charge in [0, 0.05) is 12.3 Å². The van der Waals surface area contributed by atoms with E-state index in [4.69, 9.17) is 4.74 Å². The van der Waals surface area contributed by atoms with Gasteiger partial charge in [0.15, 0.2) is 0 Å². The molecule has 2 N–H and O–H groups in total. The Kier molecular flexibility index (Phi) is 5.29. The number of aliphatic hydroxyl groups is 1. The summed E-state index contributed by atoms with van der Waals surface area (Å²) >= 11 is 0. The number of hydrogen-bond acceptors (Lipinski definition) is 6. The Morgan fingerprint density at radius 1 is 1.37 bits per heavy atom. The molecule has 2 aliphatic carbocycles. The van der Waals surface area contributed by atoms with Crippen LogP contribution in [0.2, 0.25) is 0 Å². The van der Waals surface area contributed by atoms with E-state index in [1.165, 1.54) is 7.11 Å². The molecule has 0 radical (unpaired) electrons. The van der Waals surface area contributed by atoms with Crippen LogP contribution >= 0.6 is 0 Å². The Morgan fingerprint density at radius 2 is 2.11 bits per heavy atom. The van der Waals surface area contributed by atoms with Gasteiger partial charge in [0.25, 0.3) is 0 Å². The van der Waals surface area contributed by atoms with Crippen molar-refractivity contribution < 1.29 is 14.6 Å². The van der Waals surface area contributed by atoms with Crippen molar-refractivity contribution in [3.63, 3.8) is 0 Å². The summed E-state index contributed by atoms with van der Waals surface area (Å²) in [5.74, 6) is 0.174. The second kappa shape index (κ2) is 7.35. The lowest BCUT2D eigenvalue weighted by Gasteiger charge is -2.37. The van der Waals surface area contributed by atoms with Crippen LogP contribution in [-0.4, -0.2) is 35.1 Å². The van der Waals surface area contributed by atoms with Crippen LogP contribution < -0.4 is 5.43 Å². The summed E-state index contributed by atoms with van der Waals surface area (Å²) < 4.78 is 4.80. The van der Waals surface area contributed by atoms with Crippen molar-refractivity contribution in [2.24, 2.45) is 22.4 Å². The molecule has 3 aliphatic rings. The van der Waals surface area contributed by atoms with Gasteiger partial charge in [-0.3, -0.25) is 4.79 Å². The molecule has 0 saturated carbocycles. The number of hydrazone groups is 1. The van der Waals surface area contributed by atoms with E-state index >= 15 is 0 Å². The number of nitrogens with one attached hydrogen (secondary N) is 1. The van der Waals surface area contributed by atoms with Gasteiger partial charge < -0.3 is 9.84 Å². The number of nitrogens with zero attached hydrogens (tertiary/aromatic N) is 2. The molecular formula is C21H29N3O3. The van der Waals surface area contributed by atoms with Crippen molar-refractivity contribution in [1.82, 2.24) is 10.5 Å². The number of hydrazine groups is 1. The highest BCUT2D eigenvalue weighted by Gasteiger charge is 2.38. The minimum atomic E-state index is -0.224. The summed E-state index contributed by atoms with van der Waals surface area (Å²) in [7, 11) is 1.41. The van der Waals surface area contributed by atoms with E-state index in [0.29, 0.717) is 12.8 Å². The van der Waals surface area contributed by atoms with Crippen molar-refractivity contribution in [2.75, 3.05) is 7.11 Å². The summed E-state index contributed by atoms with van der Waals surface area (Å²) in [6, 6.07) is 0.0139. The average Bonchev–Trinajstić information content (AvgIpc) is 3.03. The van der Waals surface area contributed by atoms with E-state index in [9.17, 15) is 9.90 Å². The molecule has 6 heteroatoms. The maximum atomic E-state index is 11.6. The number of fused-ring (bicyclic) bond motifs is 1. The van der Waals surface area contributed by atoms with E-state index in [2.05, 4.69) is 44.3 Å². The first-order valence-electron chi connectivity index (χ1n) is 9.44. The molecule has 27 heavy (non-hydrogen) atoms. The molecule has 0 aromatic heterocycles. The van der Waals surface area contributed by atoms with Gasteiger partial charge in [-0.25, -0.2) is 5.43 Å². The number of ether oxygens (including phenoxy) is 1. The molecule has 146 valence electrons. The highest BCUT2D eigenvalue weighted by atomic mass is 16.5. The normalized spacial score (nSPS) is 27.4. The third-order valence-corrected chi connectivity index (χ3v) is 5.37. The van der Waals surface area contributed by atoms with Gasteiger partial charge in [0.2, 0.25) is 0 Å². The number of carbonyl (C=O) groups is 1. The van der Waals surface area contributed by atoms with Crippen LogP contribution in [-0.2, 0) is 9.53 Å². The standard InChI is InChI=1S/C21H29N3O3/c1-13-14(10-11-18(25)27-5)12-15(21(2,3)4)20(26)19(13)24-22-16-8-6-7-9-17(16)23-24/h6-9,12-14,16,22,26H,10-11H2,1-5H3. The molecule has 0 fully saturated rings. The van der Waals surface area contributed by atoms with Crippen molar-refractivity contribution in [1.29, 1.82) is 0 Å². The predicted octanol–water partition coefficient (Wildman–Crippen LogP) is 3.62. The van der Waals surface area contributed by atoms with Gasteiger partial charge in [-0.15, -0.1) is 0 Å². The smallest absolute Gasteiger partial charge is 0.305 e. The monoisotopic (exact) mass is 371 g/mol. The predicted molar refractivity (Wildman–Crippen MR) is 106 cm³/mol. The van der Waals surface area contributed by atoms with Crippen molar-refractivity contribution in [3.8, 4) is 0 Å². The highest BCUT2D eigenvalue weighted by Crippen LogP contribution is 2.43. The van der Waals surface area contributed by atoms with Gasteiger partial charge >= 0.3 is 5.97 Å². The summed E-state index contributed by atoms with van der Waals surface area (Å²) in [6.07, 6.45) is 11.1. The Balaban J connectivity index is 1.94. The second-order valence-electron chi connectivity index (χ2n) is 8.32. The Morgan fingerprint density at radius 3 is 2.74 bits per heavy atom. The summed E-state index contributed by atoms with van der Waals surface area (Å²) in [5.41, 5.74) is 5.68. The zero-order chi connectivity index (χ0) is 19.8. The zero-order valence-electron chi connectivity index (χ0n) is 16.7. The van der Waals surface area contributed by atoms with Crippen LogP contribution in [0.4, 0.5) is 0 Å². The number of methoxy groups -OCH3 is 1. The minimum absolute atomic E-state index is 0.00529. The average molecular weight is 371 g/mol. The highest BCUT2D eigenvalue weighted by molar-refractivity contribution is 6.02. The number of rotatable bonds is 4. The van der Waals surface area contributed by atoms with E-state index < -0.39 is 0 Å². The molecule has 3 rings (SSSR count). The molecular weight excluding hydrogens is 342 g/mol. The fourth-order valence-electron chi connectivity index (χ4n) is 3.75. The maximum Gasteiger partial charge on any atom is 0.305 e. The van der Waals surface area contributed by atoms with Crippen LogP contribution in [0.5, 0.6) is 0 Å². The first kappa shape index (κ1) is 19.4. The molecule has 0 spiro atoms. The van der Waals surface area contributed by atoms with Crippen molar-refractivity contribution in [3.05, 3.63) is 47.4 Å². The number of esters is 1. The van der Waals surface area contributed by atoms with Gasteiger partial charge in [0.1, 0.15) is 11.5 Å². The molecule has 0 aromatic carbocycles. The van der Waals surface area contributed by atoms with Crippen LogP contribution in [0.1, 0.15) is 40.5 Å². The third kappa shape index (κ3) is 3.86. The number of aliphatic hydroxyl groups excluding tert-OH is 1. The lowest BCUT2D eigenvalue weighted by molar-refractivity contribution is -0.140. The zero-order valence-corrected chi connectivity index (χ0v) is 16.7. The van der Waals surface area contributed by atoms with E-state index in [1.807, 2.05) is 24.3 Å². The quantitative estimate of drug-likeness (QED) is 0.739. The van der Waals surface area contributed by atoms with E-state index in [0.717, 1.165) is 17.0 Å². The Bertz CT molecular complexity index is 768. The Hall–Kier alpha value is -2.34. The molecule has 0 bridgehead atoms. The van der Waals surface area contributed by atoms with Gasteiger partial charge in [-0.05, 0) is 29.4 Å². The van der Waals surface area contributed by atoms with Gasteiger partial charge in [0.05, 0.1) is 18.9 Å². The summed E-state index contributed by atoms with van der Waals surface area (Å²) in [4.78, 5) is 11.6. The van der Waals surface area contributed by atoms with Crippen LogP contribution in [0.15, 0.2) is 52.5 Å². The molecule has 1 aliphatic heterocycles. The fourth-order valence-corrected chi connectivity index (χ4v) is 3.75. The van der Waals surface area contributed by atoms with Gasteiger partial charge in [-0.1, -0.05) is 52.0 Å². The second-order valence-corrected chi connectivity index (χ2v) is 8.32. The van der Waals surface area contributed by atoms with Crippen LogP contribution in [0.3, 0.4) is 0 Å². The molecule has 1 heterocycles. The van der Waals surface area contributed by atoms with Crippen molar-refractivity contribution in [2.45, 2.75) is 46.6 Å². The SMILES string of the molecule is COC(=O)CCC1C=C(C(C)(C)C)C(O)=C(N2N=C3C=CC=CC3N2)C1C. The first-order valence-corrected chi connectivity index (χ1v) is 9.44. The topological polar surface area (TPSA) is 74.2 Å². The number of allylic oxidation sites excluding steroid dienone is 5. The number of hydrogen-bond donors (Lipinski definition) is 2. The molecule has 0 saturated heterocycles. The minimum Gasteiger partial charge on any atom is -0.506 e. The fraction of sp³-hybridized carbons (Fsp3) is 0.524. The lowest BCUT2D eigenvalue weighted by Crippen LogP contribution is -2.41. The molecule has 6 nitrogen and oxygen atoms in total. The molecule has 0 aromatic rings. The van der Waals surface area contributed by atoms with Crippen LogP contribution in [0, 0.1) is 17.3 Å². The first-order chi connectivity index (χ1) is 12.7. The van der Waals surface area contributed by atoms with E-state index in [1.54, 1.807) is 5.12 Å². The third-order valence-electron chi connectivity index (χ3n) is 5.37. The Labute approximate surface area is 160 Å². The molecule has 3 atom stereocenters. The maximum absolute atomic E-state index is 11.6.